The number of hydrogen-bond donors (Lipinski definition) is 3. The van der Waals surface area contributed by atoms with E-state index in [1.54, 1.807) is 43.3 Å². The molecule has 2 aromatic rings. The molecule has 0 unspecified atom stereocenters. The summed E-state index contributed by atoms with van der Waals surface area (Å²) >= 11 is 0. The van der Waals surface area contributed by atoms with Gasteiger partial charge < -0.3 is 20.7 Å². The van der Waals surface area contributed by atoms with E-state index < -0.39 is 0 Å². The highest BCUT2D eigenvalue weighted by atomic mass is 16.5. The van der Waals surface area contributed by atoms with Crippen LogP contribution >= 0.6 is 0 Å². The monoisotopic (exact) mass is 426 g/mol. The van der Waals surface area contributed by atoms with Crippen molar-refractivity contribution in [3.63, 3.8) is 0 Å². The van der Waals surface area contributed by atoms with Crippen LogP contribution in [0.4, 0.5) is 11.4 Å². The number of hydrogen-bond acceptors (Lipinski definition) is 5. The van der Waals surface area contributed by atoms with Crippen LogP contribution in [0.3, 0.4) is 0 Å². The molecule has 0 saturated carbocycles. The third-order valence-electron chi connectivity index (χ3n) is 4.88. The van der Waals surface area contributed by atoms with Gasteiger partial charge in [0.2, 0.25) is 11.8 Å². The van der Waals surface area contributed by atoms with E-state index in [1.807, 2.05) is 32.0 Å². The van der Waals surface area contributed by atoms with Gasteiger partial charge in [0.05, 0.1) is 19.7 Å². The van der Waals surface area contributed by atoms with Crippen molar-refractivity contribution in [2.45, 2.75) is 13.8 Å². The zero-order valence-electron chi connectivity index (χ0n) is 18.5. The lowest BCUT2D eigenvalue weighted by Crippen LogP contribution is -2.40. The van der Waals surface area contributed by atoms with Crippen molar-refractivity contribution in [1.82, 2.24) is 10.2 Å². The first-order valence-corrected chi connectivity index (χ1v) is 10.0. The SMILES string of the molecule is CNC(=O)c1ccc(NC(=O)CN(CCOC)CC(=O)Nc2cccc(C)c2C)cc1. The van der Waals surface area contributed by atoms with Gasteiger partial charge >= 0.3 is 0 Å². The Kier molecular flexibility index (Phi) is 9.17. The van der Waals surface area contributed by atoms with Crippen LogP contribution in [0.1, 0.15) is 21.5 Å². The van der Waals surface area contributed by atoms with Gasteiger partial charge in [-0.05, 0) is 55.3 Å². The molecular formula is C23H30N4O4. The standard InChI is InChI=1S/C23H30N4O4/c1-16-6-5-7-20(17(16)2)26-22(29)15-27(12-13-31-4)14-21(28)25-19-10-8-18(9-11-19)23(30)24-3/h5-11H,12-15H2,1-4H3,(H,24,30)(H,25,28)(H,26,29). The fourth-order valence-electron chi connectivity index (χ4n) is 2.97. The zero-order chi connectivity index (χ0) is 22.8. The molecule has 0 aliphatic carbocycles. The minimum atomic E-state index is -0.261. The van der Waals surface area contributed by atoms with Gasteiger partial charge in [-0.25, -0.2) is 0 Å². The molecule has 8 heteroatoms. The molecule has 0 radical (unpaired) electrons. The average molecular weight is 427 g/mol. The first-order valence-electron chi connectivity index (χ1n) is 10.0. The second-order valence-corrected chi connectivity index (χ2v) is 7.20. The summed E-state index contributed by atoms with van der Waals surface area (Å²) in [5.74, 6) is -0.658. The molecule has 2 rings (SSSR count). The molecule has 0 saturated heterocycles. The number of nitrogens with zero attached hydrogens (tertiary/aromatic N) is 1. The summed E-state index contributed by atoms with van der Waals surface area (Å²) < 4.78 is 5.11. The Morgan fingerprint density at radius 3 is 2.19 bits per heavy atom. The predicted octanol–water partition coefficient (Wildman–Crippen LogP) is 2.19. The van der Waals surface area contributed by atoms with E-state index in [2.05, 4.69) is 16.0 Å². The summed E-state index contributed by atoms with van der Waals surface area (Å²) in [6.45, 7) is 4.85. The Labute approximate surface area is 183 Å². The molecule has 3 amide bonds. The lowest BCUT2D eigenvalue weighted by Gasteiger charge is -2.21. The van der Waals surface area contributed by atoms with E-state index in [0.717, 1.165) is 16.8 Å². The molecule has 0 bridgehead atoms. The number of rotatable bonds is 10. The molecule has 0 atom stereocenters. The van der Waals surface area contributed by atoms with Crippen molar-refractivity contribution in [1.29, 1.82) is 0 Å². The van der Waals surface area contributed by atoms with E-state index in [1.165, 1.54) is 0 Å². The second kappa shape index (κ2) is 11.8. The molecule has 3 N–H and O–H groups in total. The minimum Gasteiger partial charge on any atom is -0.383 e. The maximum absolute atomic E-state index is 12.6. The van der Waals surface area contributed by atoms with Crippen LogP contribution in [0.15, 0.2) is 42.5 Å². The van der Waals surface area contributed by atoms with Gasteiger partial charge in [-0.1, -0.05) is 12.1 Å². The maximum atomic E-state index is 12.6. The number of anilines is 2. The minimum absolute atomic E-state index is 0.0285. The topological polar surface area (TPSA) is 99.8 Å². The highest BCUT2D eigenvalue weighted by molar-refractivity contribution is 5.96. The molecule has 0 heterocycles. The third-order valence-corrected chi connectivity index (χ3v) is 4.88. The van der Waals surface area contributed by atoms with Gasteiger partial charge in [0, 0.05) is 37.6 Å². The number of aryl methyl sites for hydroxylation is 1. The number of methoxy groups -OCH3 is 1. The summed E-state index contributed by atoms with van der Waals surface area (Å²) in [6, 6.07) is 12.3. The highest BCUT2D eigenvalue weighted by Crippen LogP contribution is 2.18. The van der Waals surface area contributed by atoms with Crippen LogP contribution in [0, 0.1) is 13.8 Å². The summed E-state index contributed by atoms with van der Waals surface area (Å²) in [4.78, 5) is 38.4. The molecule has 0 fully saturated rings. The number of benzene rings is 2. The molecule has 0 spiro atoms. The zero-order valence-corrected chi connectivity index (χ0v) is 18.5. The van der Waals surface area contributed by atoms with Crippen LogP contribution in [-0.2, 0) is 14.3 Å². The highest BCUT2D eigenvalue weighted by Gasteiger charge is 2.16. The van der Waals surface area contributed by atoms with E-state index in [9.17, 15) is 14.4 Å². The molecular weight excluding hydrogens is 396 g/mol. The summed E-state index contributed by atoms with van der Waals surface area (Å²) in [7, 11) is 3.13. The smallest absolute Gasteiger partial charge is 0.251 e. The molecule has 0 aromatic heterocycles. The van der Waals surface area contributed by atoms with E-state index in [-0.39, 0.29) is 30.8 Å². The average Bonchev–Trinajstić information content (AvgIpc) is 2.75. The van der Waals surface area contributed by atoms with Gasteiger partial charge in [0.15, 0.2) is 0 Å². The second-order valence-electron chi connectivity index (χ2n) is 7.20. The van der Waals surface area contributed by atoms with E-state index >= 15 is 0 Å². The van der Waals surface area contributed by atoms with Gasteiger partial charge in [0.25, 0.3) is 5.91 Å². The van der Waals surface area contributed by atoms with Crippen molar-refractivity contribution in [3.05, 3.63) is 59.2 Å². The molecule has 166 valence electrons. The van der Waals surface area contributed by atoms with Crippen molar-refractivity contribution < 1.29 is 19.1 Å². The van der Waals surface area contributed by atoms with Crippen LogP contribution in [0.2, 0.25) is 0 Å². The van der Waals surface area contributed by atoms with Gasteiger partial charge in [0.1, 0.15) is 0 Å². The number of amides is 3. The predicted molar refractivity (Wildman–Crippen MR) is 121 cm³/mol. The molecule has 8 nitrogen and oxygen atoms in total. The van der Waals surface area contributed by atoms with Crippen LogP contribution in [-0.4, -0.2) is 63.0 Å². The van der Waals surface area contributed by atoms with Gasteiger partial charge in [-0.3, -0.25) is 19.3 Å². The van der Waals surface area contributed by atoms with Gasteiger partial charge in [-0.2, -0.15) is 0 Å². The Bertz CT molecular complexity index is 912. The van der Waals surface area contributed by atoms with E-state index in [4.69, 9.17) is 4.74 Å². The Balaban J connectivity index is 1.96. The summed E-state index contributed by atoms with van der Waals surface area (Å²) in [6.07, 6.45) is 0. The molecule has 2 aromatic carbocycles. The van der Waals surface area contributed by atoms with Crippen molar-refractivity contribution in [3.8, 4) is 0 Å². The fourth-order valence-corrected chi connectivity index (χ4v) is 2.97. The quantitative estimate of drug-likeness (QED) is 0.541. The molecule has 31 heavy (non-hydrogen) atoms. The fraction of sp³-hybridized carbons (Fsp3) is 0.348. The van der Waals surface area contributed by atoms with Crippen molar-refractivity contribution in [2.75, 3.05) is 51.0 Å². The first kappa shape index (κ1) is 24.0. The number of carbonyl (C=O) groups excluding carboxylic acids is 3. The van der Waals surface area contributed by atoms with E-state index in [0.29, 0.717) is 24.4 Å². The lowest BCUT2D eigenvalue weighted by atomic mass is 10.1. The molecule has 0 aliphatic rings. The normalized spacial score (nSPS) is 10.6. The Morgan fingerprint density at radius 1 is 0.935 bits per heavy atom. The summed E-state index contributed by atoms with van der Waals surface area (Å²) in [5.41, 5.74) is 3.94. The number of carbonyl (C=O) groups is 3. The first-order chi connectivity index (χ1) is 14.8. The van der Waals surface area contributed by atoms with Gasteiger partial charge in [-0.15, -0.1) is 0 Å². The lowest BCUT2D eigenvalue weighted by molar-refractivity contribution is -0.120. The molecule has 0 aliphatic heterocycles. The van der Waals surface area contributed by atoms with Crippen LogP contribution in [0.5, 0.6) is 0 Å². The Hall–Kier alpha value is -3.23. The van der Waals surface area contributed by atoms with Crippen molar-refractivity contribution >= 4 is 29.1 Å². The van der Waals surface area contributed by atoms with Crippen molar-refractivity contribution in [2.24, 2.45) is 0 Å². The largest absolute Gasteiger partial charge is 0.383 e. The number of ether oxygens (including phenoxy) is 1. The third kappa shape index (κ3) is 7.51. The van der Waals surface area contributed by atoms with Crippen LogP contribution < -0.4 is 16.0 Å². The Morgan fingerprint density at radius 2 is 1.58 bits per heavy atom. The summed E-state index contributed by atoms with van der Waals surface area (Å²) in [5, 5.41) is 8.25. The van der Waals surface area contributed by atoms with Crippen LogP contribution in [0.25, 0.3) is 0 Å². The number of nitrogens with one attached hydrogen (secondary N) is 3. The maximum Gasteiger partial charge on any atom is 0.251 e.